The molecule has 0 saturated heterocycles. The van der Waals surface area contributed by atoms with Crippen molar-refractivity contribution in [3.8, 4) is 0 Å². The first-order valence-corrected chi connectivity index (χ1v) is 7.98. The summed E-state index contributed by atoms with van der Waals surface area (Å²) in [7, 11) is 4.04. The summed E-state index contributed by atoms with van der Waals surface area (Å²) < 4.78 is 0. The van der Waals surface area contributed by atoms with Crippen LogP contribution < -0.4 is 15.1 Å². The molecular weight excluding hydrogens is 286 g/mol. The van der Waals surface area contributed by atoms with E-state index in [9.17, 15) is 4.79 Å². The van der Waals surface area contributed by atoms with Gasteiger partial charge in [-0.15, -0.1) is 0 Å². The minimum absolute atomic E-state index is 0.135. The molecule has 1 amide bonds. The van der Waals surface area contributed by atoms with Gasteiger partial charge in [0, 0.05) is 50.7 Å². The largest absolute Gasteiger partial charge is 0.385 e. The number of nitrogens with one attached hydrogen (secondary N) is 1. The van der Waals surface area contributed by atoms with Gasteiger partial charge in [0.15, 0.2) is 0 Å². The van der Waals surface area contributed by atoms with Crippen LogP contribution >= 0.6 is 0 Å². The molecule has 122 valence electrons. The van der Waals surface area contributed by atoms with Crippen LogP contribution in [0.5, 0.6) is 0 Å². The maximum absolute atomic E-state index is 12.4. The molecule has 0 spiro atoms. The van der Waals surface area contributed by atoms with Crippen molar-refractivity contribution in [1.82, 2.24) is 0 Å². The molecule has 0 aromatic heterocycles. The van der Waals surface area contributed by atoms with Gasteiger partial charge in [-0.1, -0.05) is 18.2 Å². The highest BCUT2D eigenvalue weighted by atomic mass is 16.2. The van der Waals surface area contributed by atoms with Crippen LogP contribution in [0.4, 0.5) is 17.1 Å². The lowest BCUT2D eigenvalue weighted by molar-refractivity contribution is -0.118. The summed E-state index contributed by atoms with van der Waals surface area (Å²) in [6.07, 6.45) is 0.470. The number of hydrogen-bond donors (Lipinski definition) is 1. The van der Waals surface area contributed by atoms with Crippen LogP contribution in [0.1, 0.15) is 13.3 Å². The molecule has 0 atom stereocenters. The number of para-hydroxylation sites is 1. The summed E-state index contributed by atoms with van der Waals surface area (Å²) in [5, 5.41) is 3.31. The summed E-state index contributed by atoms with van der Waals surface area (Å²) in [4.78, 5) is 16.3. The SMILES string of the molecule is CCN(C(=O)CCNc1ccc(N(C)C)cc1)c1ccccc1. The predicted octanol–water partition coefficient (Wildman–Crippen LogP) is 3.61. The predicted molar refractivity (Wildman–Crippen MR) is 98.3 cm³/mol. The van der Waals surface area contributed by atoms with Gasteiger partial charge in [-0.05, 0) is 43.3 Å². The third kappa shape index (κ3) is 4.74. The van der Waals surface area contributed by atoms with Crippen molar-refractivity contribution in [2.24, 2.45) is 0 Å². The molecule has 2 aromatic rings. The third-order valence-electron chi connectivity index (χ3n) is 3.74. The standard InChI is InChI=1S/C19H25N3O/c1-4-22(18-8-6-5-7-9-18)19(23)14-15-20-16-10-12-17(13-11-16)21(2)3/h5-13,20H,4,14-15H2,1-3H3. The minimum atomic E-state index is 0.135. The van der Waals surface area contributed by atoms with Crippen LogP contribution in [0, 0.1) is 0 Å². The molecular formula is C19H25N3O. The average Bonchev–Trinajstić information content (AvgIpc) is 2.57. The van der Waals surface area contributed by atoms with Gasteiger partial charge in [0.05, 0.1) is 0 Å². The van der Waals surface area contributed by atoms with E-state index in [0.29, 0.717) is 19.5 Å². The van der Waals surface area contributed by atoms with Gasteiger partial charge in [-0.25, -0.2) is 0 Å². The Balaban J connectivity index is 1.86. The lowest BCUT2D eigenvalue weighted by Gasteiger charge is -2.21. The fourth-order valence-corrected chi connectivity index (χ4v) is 2.44. The second-order valence-electron chi connectivity index (χ2n) is 5.59. The fraction of sp³-hybridized carbons (Fsp3) is 0.316. The number of rotatable bonds is 7. The topological polar surface area (TPSA) is 35.6 Å². The molecule has 1 N–H and O–H groups in total. The molecule has 2 rings (SSSR count). The number of amides is 1. The molecule has 0 aliphatic heterocycles. The van der Waals surface area contributed by atoms with Crippen LogP contribution in [0.2, 0.25) is 0 Å². The van der Waals surface area contributed by atoms with Crippen molar-refractivity contribution in [3.05, 3.63) is 54.6 Å². The number of nitrogens with zero attached hydrogens (tertiary/aromatic N) is 2. The van der Waals surface area contributed by atoms with Gasteiger partial charge in [0.2, 0.25) is 5.91 Å². The molecule has 4 heteroatoms. The van der Waals surface area contributed by atoms with Gasteiger partial charge >= 0.3 is 0 Å². The molecule has 0 aliphatic carbocycles. The minimum Gasteiger partial charge on any atom is -0.385 e. The molecule has 2 aromatic carbocycles. The lowest BCUT2D eigenvalue weighted by atomic mass is 10.2. The van der Waals surface area contributed by atoms with Gasteiger partial charge < -0.3 is 15.1 Å². The first-order chi connectivity index (χ1) is 11.1. The maximum Gasteiger partial charge on any atom is 0.228 e. The first-order valence-electron chi connectivity index (χ1n) is 7.98. The van der Waals surface area contributed by atoms with Crippen LogP contribution in [-0.4, -0.2) is 33.1 Å². The van der Waals surface area contributed by atoms with Crippen molar-refractivity contribution in [2.45, 2.75) is 13.3 Å². The molecule has 4 nitrogen and oxygen atoms in total. The van der Waals surface area contributed by atoms with Crippen molar-refractivity contribution in [2.75, 3.05) is 42.3 Å². The first kappa shape index (κ1) is 16.9. The Hall–Kier alpha value is -2.49. The van der Waals surface area contributed by atoms with Crippen molar-refractivity contribution >= 4 is 23.0 Å². The fourth-order valence-electron chi connectivity index (χ4n) is 2.44. The van der Waals surface area contributed by atoms with Crippen molar-refractivity contribution < 1.29 is 4.79 Å². The highest BCUT2D eigenvalue weighted by molar-refractivity contribution is 5.93. The van der Waals surface area contributed by atoms with Crippen molar-refractivity contribution in [1.29, 1.82) is 0 Å². The van der Waals surface area contributed by atoms with Gasteiger partial charge in [0.1, 0.15) is 0 Å². The average molecular weight is 311 g/mol. The second-order valence-corrected chi connectivity index (χ2v) is 5.59. The van der Waals surface area contributed by atoms with Gasteiger partial charge in [-0.3, -0.25) is 4.79 Å². The summed E-state index contributed by atoms with van der Waals surface area (Å²) in [5.41, 5.74) is 3.15. The highest BCUT2D eigenvalue weighted by Crippen LogP contribution is 2.16. The van der Waals surface area contributed by atoms with Crippen LogP contribution in [0.15, 0.2) is 54.6 Å². The van der Waals surface area contributed by atoms with Gasteiger partial charge in [0.25, 0.3) is 0 Å². The third-order valence-corrected chi connectivity index (χ3v) is 3.74. The quantitative estimate of drug-likeness (QED) is 0.848. The highest BCUT2D eigenvalue weighted by Gasteiger charge is 2.12. The van der Waals surface area contributed by atoms with E-state index >= 15 is 0 Å². The number of benzene rings is 2. The van der Waals surface area contributed by atoms with Crippen LogP contribution in [-0.2, 0) is 4.79 Å². The van der Waals surface area contributed by atoms with E-state index in [4.69, 9.17) is 0 Å². The molecule has 0 heterocycles. The van der Waals surface area contributed by atoms with E-state index in [1.165, 1.54) is 0 Å². The smallest absolute Gasteiger partial charge is 0.228 e. The van der Waals surface area contributed by atoms with E-state index in [-0.39, 0.29) is 5.91 Å². The summed E-state index contributed by atoms with van der Waals surface area (Å²) in [5.74, 6) is 0.135. The zero-order valence-electron chi connectivity index (χ0n) is 14.1. The molecule has 0 saturated carbocycles. The molecule has 0 radical (unpaired) electrons. The van der Waals surface area contributed by atoms with Gasteiger partial charge in [-0.2, -0.15) is 0 Å². The van der Waals surface area contributed by atoms with Crippen LogP contribution in [0.25, 0.3) is 0 Å². The normalized spacial score (nSPS) is 10.2. The van der Waals surface area contributed by atoms with E-state index in [1.54, 1.807) is 0 Å². The van der Waals surface area contributed by atoms with E-state index in [2.05, 4.69) is 22.3 Å². The Morgan fingerprint density at radius 3 is 2.17 bits per heavy atom. The van der Waals surface area contributed by atoms with E-state index in [0.717, 1.165) is 17.1 Å². The summed E-state index contributed by atoms with van der Waals surface area (Å²) in [6.45, 7) is 3.31. The molecule has 0 fully saturated rings. The number of carbonyl (C=O) groups excluding carboxylic acids is 1. The Morgan fingerprint density at radius 2 is 1.61 bits per heavy atom. The van der Waals surface area contributed by atoms with E-state index < -0.39 is 0 Å². The zero-order chi connectivity index (χ0) is 16.7. The lowest BCUT2D eigenvalue weighted by Crippen LogP contribution is -2.31. The molecule has 23 heavy (non-hydrogen) atoms. The van der Waals surface area contributed by atoms with Crippen LogP contribution in [0.3, 0.4) is 0 Å². The second kappa shape index (κ2) is 8.22. The summed E-state index contributed by atoms with van der Waals surface area (Å²) in [6, 6.07) is 18.0. The molecule has 0 aliphatic rings. The number of anilines is 3. The van der Waals surface area contributed by atoms with E-state index in [1.807, 2.05) is 68.4 Å². The number of carbonyl (C=O) groups is 1. The maximum atomic E-state index is 12.4. The van der Waals surface area contributed by atoms with Crippen molar-refractivity contribution in [3.63, 3.8) is 0 Å². The Labute approximate surface area is 138 Å². The monoisotopic (exact) mass is 311 g/mol. The summed E-state index contributed by atoms with van der Waals surface area (Å²) >= 11 is 0. The Morgan fingerprint density at radius 1 is 0.957 bits per heavy atom. The Bertz CT molecular complexity index is 608. The molecule has 0 bridgehead atoms. The zero-order valence-corrected chi connectivity index (χ0v) is 14.1. The molecule has 0 unspecified atom stereocenters. The Kier molecular flexibility index (Phi) is 6.03. The number of hydrogen-bond acceptors (Lipinski definition) is 3.